The molecular formula is C15H21FN2O. The summed E-state index contributed by atoms with van der Waals surface area (Å²) in [6, 6.07) is 4.98. The Kier molecular flexibility index (Phi) is 4.56. The normalized spacial score (nSPS) is 20.6. The van der Waals surface area contributed by atoms with Gasteiger partial charge in [-0.15, -0.1) is 0 Å². The average Bonchev–Trinajstić information content (AvgIpc) is 2.41. The van der Waals surface area contributed by atoms with Crippen molar-refractivity contribution in [3.63, 3.8) is 0 Å². The highest BCUT2D eigenvalue weighted by Gasteiger charge is 2.22. The van der Waals surface area contributed by atoms with Crippen molar-refractivity contribution in [1.29, 1.82) is 0 Å². The van der Waals surface area contributed by atoms with E-state index in [1.165, 1.54) is 12.1 Å². The van der Waals surface area contributed by atoms with E-state index in [1.54, 1.807) is 6.07 Å². The molecule has 1 aliphatic rings. The Labute approximate surface area is 113 Å². The maximum atomic E-state index is 13.3. The number of hydrogen-bond donors (Lipinski definition) is 1. The molecule has 1 aromatic carbocycles. The lowest BCUT2D eigenvalue weighted by molar-refractivity contribution is 0.105. The zero-order valence-corrected chi connectivity index (χ0v) is 11.3. The summed E-state index contributed by atoms with van der Waals surface area (Å²) in [5.74, 6) is -0.246. The first-order valence-electron chi connectivity index (χ1n) is 6.63. The molecule has 0 radical (unpaired) electrons. The first-order valence-corrected chi connectivity index (χ1v) is 6.63. The number of nitrogens with zero attached hydrogens (tertiary/aromatic N) is 2. The summed E-state index contributed by atoms with van der Waals surface area (Å²) in [5.41, 5.74) is 1.68. The van der Waals surface area contributed by atoms with Gasteiger partial charge in [0.15, 0.2) is 0 Å². The molecule has 0 amide bonds. The summed E-state index contributed by atoms with van der Waals surface area (Å²) in [4.78, 5) is 4.51. The zero-order chi connectivity index (χ0) is 13.8. The van der Waals surface area contributed by atoms with Gasteiger partial charge in [0.05, 0.1) is 6.61 Å². The van der Waals surface area contributed by atoms with Crippen LogP contribution in [0.15, 0.2) is 31.0 Å². The second kappa shape index (κ2) is 6.17. The number of piperazine rings is 1. The minimum absolute atomic E-state index is 0.0450. The summed E-state index contributed by atoms with van der Waals surface area (Å²) in [6.07, 6.45) is 1.87. The van der Waals surface area contributed by atoms with Crippen molar-refractivity contribution in [1.82, 2.24) is 9.80 Å². The van der Waals surface area contributed by atoms with E-state index in [-0.39, 0.29) is 12.4 Å². The first kappa shape index (κ1) is 14.0. The maximum Gasteiger partial charge on any atom is 0.123 e. The predicted octanol–water partition coefficient (Wildman–Crippen LogP) is 1.97. The van der Waals surface area contributed by atoms with Crippen LogP contribution in [0.3, 0.4) is 0 Å². The van der Waals surface area contributed by atoms with Gasteiger partial charge in [-0.25, -0.2) is 4.39 Å². The fourth-order valence-electron chi connectivity index (χ4n) is 2.54. The van der Waals surface area contributed by atoms with E-state index in [9.17, 15) is 9.50 Å². The first-order chi connectivity index (χ1) is 9.13. The van der Waals surface area contributed by atoms with E-state index >= 15 is 0 Å². The molecule has 0 bridgehead atoms. The quantitative estimate of drug-likeness (QED) is 0.900. The van der Waals surface area contributed by atoms with E-state index in [4.69, 9.17) is 0 Å². The van der Waals surface area contributed by atoms with Crippen LogP contribution in [0.25, 0.3) is 0 Å². The Hall–Kier alpha value is -1.39. The Bertz CT molecular complexity index is 450. The molecule has 1 aromatic rings. The van der Waals surface area contributed by atoms with Gasteiger partial charge in [0.25, 0.3) is 0 Å². The van der Waals surface area contributed by atoms with Gasteiger partial charge in [0.2, 0.25) is 0 Å². The summed E-state index contributed by atoms with van der Waals surface area (Å²) >= 11 is 0. The van der Waals surface area contributed by atoms with E-state index in [1.807, 2.05) is 6.20 Å². The maximum absolute atomic E-state index is 13.3. The highest BCUT2D eigenvalue weighted by molar-refractivity contribution is 5.27. The average molecular weight is 264 g/mol. The molecule has 19 heavy (non-hydrogen) atoms. The van der Waals surface area contributed by atoms with Gasteiger partial charge < -0.3 is 10.0 Å². The molecule has 4 heteroatoms. The molecule has 1 fully saturated rings. The predicted molar refractivity (Wildman–Crippen MR) is 74.0 cm³/mol. The van der Waals surface area contributed by atoms with Crippen molar-refractivity contribution < 1.29 is 9.50 Å². The molecule has 1 atom stereocenters. The molecule has 0 aliphatic carbocycles. The van der Waals surface area contributed by atoms with Gasteiger partial charge in [-0.1, -0.05) is 12.6 Å². The minimum Gasteiger partial charge on any atom is -0.392 e. The highest BCUT2D eigenvalue weighted by Crippen LogP contribution is 2.18. The molecule has 1 heterocycles. The summed E-state index contributed by atoms with van der Waals surface area (Å²) in [6.45, 7) is 9.39. The number of aliphatic hydroxyl groups is 1. The van der Waals surface area contributed by atoms with Crippen LogP contribution in [0.1, 0.15) is 18.1 Å². The van der Waals surface area contributed by atoms with Crippen LogP contribution in [-0.2, 0) is 13.2 Å². The van der Waals surface area contributed by atoms with Gasteiger partial charge in [0, 0.05) is 32.2 Å². The standard InChI is InChI=1S/C15H21FN2O/c1-3-17-6-7-18(12(2)9-17)10-14-8-15(16)5-4-13(14)11-19/h3-5,8,12,19H,1,6-7,9-11H2,2H3. The minimum atomic E-state index is -0.246. The van der Waals surface area contributed by atoms with E-state index in [2.05, 4.69) is 23.3 Å². The fourth-order valence-corrected chi connectivity index (χ4v) is 2.54. The molecule has 3 nitrogen and oxygen atoms in total. The summed E-state index contributed by atoms with van der Waals surface area (Å²) in [5, 5.41) is 9.32. The number of halogens is 1. The Morgan fingerprint density at radius 3 is 2.84 bits per heavy atom. The lowest BCUT2D eigenvalue weighted by Crippen LogP contribution is -2.49. The summed E-state index contributed by atoms with van der Waals surface area (Å²) in [7, 11) is 0. The number of aliphatic hydroxyl groups excluding tert-OH is 1. The van der Waals surface area contributed by atoms with Gasteiger partial charge in [0.1, 0.15) is 5.82 Å². The smallest absolute Gasteiger partial charge is 0.123 e. The molecule has 2 rings (SSSR count). The third kappa shape index (κ3) is 3.33. The lowest BCUT2D eigenvalue weighted by Gasteiger charge is -2.39. The van der Waals surface area contributed by atoms with Crippen molar-refractivity contribution in [2.24, 2.45) is 0 Å². The Morgan fingerprint density at radius 1 is 1.42 bits per heavy atom. The largest absolute Gasteiger partial charge is 0.392 e. The van der Waals surface area contributed by atoms with Crippen molar-refractivity contribution in [3.8, 4) is 0 Å². The molecular weight excluding hydrogens is 243 g/mol. The van der Waals surface area contributed by atoms with Crippen molar-refractivity contribution >= 4 is 0 Å². The second-order valence-electron chi connectivity index (χ2n) is 5.07. The summed E-state index contributed by atoms with van der Waals surface area (Å²) < 4.78 is 13.3. The molecule has 1 saturated heterocycles. The van der Waals surface area contributed by atoms with Crippen LogP contribution in [0.5, 0.6) is 0 Å². The van der Waals surface area contributed by atoms with Crippen molar-refractivity contribution in [3.05, 3.63) is 47.9 Å². The third-order valence-electron chi connectivity index (χ3n) is 3.77. The lowest BCUT2D eigenvalue weighted by atomic mass is 10.1. The van der Waals surface area contributed by atoms with Crippen LogP contribution in [0, 0.1) is 5.82 Å². The van der Waals surface area contributed by atoms with Crippen LogP contribution in [-0.4, -0.2) is 40.6 Å². The molecule has 104 valence electrons. The Morgan fingerprint density at radius 2 is 2.21 bits per heavy atom. The van der Waals surface area contributed by atoms with Crippen LogP contribution >= 0.6 is 0 Å². The van der Waals surface area contributed by atoms with Crippen LogP contribution < -0.4 is 0 Å². The van der Waals surface area contributed by atoms with Crippen LogP contribution in [0.4, 0.5) is 4.39 Å². The molecule has 0 saturated carbocycles. The molecule has 0 spiro atoms. The van der Waals surface area contributed by atoms with Crippen molar-refractivity contribution in [2.75, 3.05) is 19.6 Å². The third-order valence-corrected chi connectivity index (χ3v) is 3.77. The number of hydrogen-bond acceptors (Lipinski definition) is 3. The van der Waals surface area contributed by atoms with Gasteiger partial charge >= 0.3 is 0 Å². The highest BCUT2D eigenvalue weighted by atomic mass is 19.1. The van der Waals surface area contributed by atoms with E-state index in [0.717, 1.165) is 30.8 Å². The van der Waals surface area contributed by atoms with Gasteiger partial charge in [-0.3, -0.25) is 4.90 Å². The Balaban J connectivity index is 2.09. The monoisotopic (exact) mass is 264 g/mol. The van der Waals surface area contributed by atoms with E-state index < -0.39 is 0 Å². The molecule has 0 aromatic heterocycles. The SMILES string of the molecule is C=CN1CCN(Cc2cc(F)ccc2CO)C(C)C1. The molecule has 1 N–H and O–H groups in total. The number of benzene rings is 1. The molecule has 1 aliphatic heterocycles. The van der Waals surface area contributed by atoms with E-state index in [0.29, 0.717) is 12.6 Å². The number of rotatable bonds is 4. The van der Waals surface area contributed by atoms with Crippen molar-refractivity contribution in [2.45, 2.75) is 26.1 Å². The van der Waals surface area contributed by atoms with Gasteiger partial charge in [-0.2, -0.15) is 0 Å². The van der Waals surface area contributed by atoms with Gasteiger partial charge in [-0.05, 0) is 36.4 Å². The van der Waals surface area contributed by atoms with Crippen LogP contribution in [0.2, 0.25) is 0 Å². The molecule has 1 unspecified atom stereocenters. The second-order valence-corrected chi connectivity index (χ2v) is 5.07. The zero-order valence-electron chi connectivity index (χ0n) is 11.3. The fraction of sp³-hybridized carbons (Fsp3) is 0.467. The topological polar surface area (TPSA) is 26.7 Å².